The Morgan fingerprint density at radius 1 is 1.03 bits per heavy atom. The quantitative estimate of drug-likeness (QED) is 0.508. The molecular weight excluding hydrogens is 388 g/mol. The highest BCUT2D eigenvalue weighted by molar-refractivity contribution is 5.56. The molecule has 0 radical (unpaired) electrons. The summed E-state index contributed by atoms with van der Waals surface area (Å²) in [6.07, 6.45) is 7.21. The molecule has 30 heavy (non-hydrogen) atoms. The maximum Gasteiger partial charge on any atom is 0.260 e. The monoisotopic (exact) mass is 400 g/mol. The van der Waals surface area contributed by atoms with Crippen LogP contribution in [0, 0.1) is 18.3 Å². The summed E-state index contributed by atoms with van der Waals surface area (Å²) in [6, 6.07) is 6.45. The van der Waals surface area contributed by atoms with Crippen molar-refractivity contribution in [2.75, 3.05) is 0 Å². The molecule has 0 fully saturated rings. The molecule has 0 aromatic carbocycles. The smallest absolute Gasteiger partial charge is 0.260 e. The third kappa shape index (κ3) is 3.27. The fraction of sp³-hybridized carbons (Fsp3) is 0.0556. The fourth-order valence-corrected chi connectivity index (χ4v) is 2.59. The molecule has 1 N–H and O–H groups in total. The summed E-state index contributed by atoms with van der Waals surface area (Å²) in [5, 5.41) is 32.2. The van der Waals surface area contributed by atoms with Crippen molar-refractivity contribution in [3.8, 4) is 23.8 Å². The average Bonchev–Trinajstić information content (AvgIpc) is 3.17. The number of hydrogen-bond acceptors (Lipinski definition) is 10. The molecule has 0 aliphatic heterocycles. The van der Waals surface area contributed by atoms with Gasteiger partial charge in [0.1, 0.15) is 17.3 Å². The molecule has 0 saturated heterocycles. The molecule has 0 atom stereocenters. The van der Waals surface area contributed by atoms with Crippen LogP contribution in [0.1, 0.15) is 11.1 Å². The second kappa shape index (κ2) is 7.68. The summed E-state index contributed by atoms with van der Waals surface area (Å²) < 4.78 is 2.15. The van der Waals surface area contributed by atoms with E-state index in [-0.39, 0.29) is 29.0 Å². The molecule has 0 aliphatic rings. The molecular formula is C18H12N10O2. The molecule has 0 saturated carbocycles. The van der Waals surface area contributed by atoms with Crippen LogP contribution in [0.25, 0.3) is 11.9 Å². The van der Waals surface area contributed by atoms with Crippen molar-refractivity contribution in [2.24, 2.45) is 10.2 Å². The molecule has 12 nitrogen and oxygen atoms in total. The van der Waals surface area contributed by atoms with E-state index in [1.54, 1.807) is 19.1 Å². The van der Waals surface area contributed by atoms with E-state index in [0.29, 0.717) is 5.56 Å². The number of azo groups is 1. The fourth-order valence-electron chi connectivity index (χ4n) is 2.59. The van der Waals surface area contributed by atoms with Crippen LogP contribution in [-0.2, 0) is 0 Å². The van der Waals surface area contributed by atoms with Crippen LogP contribution in [-0.4, -0.2) is 39.4 Å². The molecule has 12 heteroatoms. The Bertz CT molecular complexity index is 1340. The Hall–Kier alpha value is -4.79. The van der Waals surface area contributed by atoms with Gasteiger partial charge in [0, 0.05) is 30.9 Å². The Labute approximate surface area is 168 Å². The lowest BCUT2D eigenvalue weighted by atomic mass is 10.2. The van der Waals surface area contributed by atoms with E-state index in [9.17, 15) is 15.2 Å². The highest BCUT2D eigenvalue weighted by Gasteiger charge is 2.18. The average molecular weight is 400 g/mol. The number of aromatic hydroxyl groups is 1. The maximum absolute atomic E-state index is 12.4. The van der Waals surface area contributed by atoms with Gasteiger partial charge in [0.2, 0.25) is 11.8 Å². The van der Waals surface area contributed by atoms with Crippen LogP contribution in [0.2, 0.25) is 0 Å². The number of nitrogens with zero attached hydrogens (tertiary/aromatic N) is 10. The highest BCUT2D eigenvalue weighted by atomic mass is 16.3. The Balaban J connectivity index is 1.84. The molecule has 4 aromatic rings. The van der Waals surface area contributed by atoms with Crippen LogP contribution in [0.4, 0.5) is 11.5 Å². The first kappa shape index (κ1) is 18.6. The number of pyridine rings is 1. The lowest BCUT2D eigenvalue weighted by Gasteiger charge is -2.09. The Morgan fingerprint density at radius 2 is 1.67 bits per heavy atom. The molecule has 0 bridgehead atoms. The van der Waals surface area contributed by atoms with Gasteiger partial charge in [-0.3, -0.25) is 4.79 Å². The lowest BCUT2D eigenvalue weighted by molar-refractivity contribution is 0.433. The topological polar surface area (TPSA) is 160 Å². The zero-order valence-corrected chi connectivity index (χ0v) is 15.4. The van der Waals surface area contributed by atoms with Gasteiger partial charge in [0.25, 0.3) is 11.5 Å². The van der Waals surface area contributed by atoms with E-state index in [1.165, 1.54) is 41.7 Å². The van der Waals surface area contributed by atoms with Crippen molar-refractivity contribution < 1.29 is 5.11 Å². The molecule has 0 aliphatic carbocycles. The molecule has 0 spiro atoms. The van der Waals surface area contributed by atoms with Crippen molar-refractivity contribution in [3.63, 3.8) is 0 Å². The Kier molecular flexibility index (Phi) is 4.75. The van der Waals surface area contributed by atoms with Crippen molar-refractivity contribution in [2.45, 2.75) is 6.92 Å². The van der Waals surface area contributed by atoms with E-state index in [4.69, 9.17) is 0 Å². The first-order valence-corrected chi connectivity index (χ1v) is 8.50. The summed E-state index contributed by atoms with van der Waals surface area (Å²) in [6.45, 7) is 1.59. The molecule has 4 heterocycles. The summed E-state index contributed by atoms with van der Waals surface area (Å²) in [5.74, 6) is -0.250. The summed E-state index contributed by atoms with van der Waals surface area (Å²) in [5.41, 5.74) is -0.0275. The number of hydrogen-bond donors (Lipinski definition) is 1. The second-order valence-electron chi connectivity index (χ2n) is 5.88. The summed E-state index contributed by atoms with van der Waals surface area (Å²) in [7, 11) is 0. The van der Waals surface area contributed by atoms with Crippen LogP contribution in [0.3, 0.4) is 0 Å². The second-order valence-corrected chi connectivity index (χ2v) is 5.88. The zero-order valence-electron chi connectivity index (χ0n) is 15.4. The minimum Gasteiger partial charge on any atom is -0.492 e. The van der Waals surface area contributed by atoms with Crippen molar-refractivity contribution in [3.05, 3.63) is 70.7 Å². The van der Waals surface area contributed by atoms with Crippen LogP contribution in [0.15, 0.2) is 64.2 Å². The predicted octanol–water partition coefficient (Wildman–Crippen LogP) is 1.90. The van der Waals surface area contributed by atoms with Gasteiger partial charge in [-0.1, -0.05) is 0 Å². The van der Waals surface area contributed by atoms with Crippen molar-refractivity contribution in [1.29, 1.82) is 5.26 Å². The standard InChI is InChI=1S/C18H12N10O2/c1-11-8-13(29)27(17-20-4-2-5-21-17)16(30)14(11)25-26-15-12(9-19)10-24-28(15)18-22-6-3-7-23-18/h2-8,10,30H,1H3/b26-25+. The van der Waals surface area contributed by atoms with E-state index < -0.39 is 11.4 Å². The lowest BCUT2D eigenvalue weighted by Crippen LogP contribution is -2.19. The first-order chi connectivity index (χ1) is 14.6. The number of aryl methyl sites for hydroxylation is 1. The molecule has 4 rings (SSSR count). The SMILES string of the molecule is Cc1cc(=O)n(-c2ncccn2)c(O)c1/N=N/c1c(C#N)cnn1-c1ncccn1. The third-order valence-corrected chi connectivity index (χ3v) is 3.96. The van der Waals surface area contributed by atoms with Crippen LogP contribution >= 0.6 is 0 Å². The van der Waals surface area contributed by atoms with E-state index >= 15 is 0 Å². The first-order valence-electron chi connectivity index (χ1n) is 8.50. The third-order valence-electron chi connectivity index (χ3n) is 3.96. The van der Waals surface area contributed by atoms with Gasteiger partial charge >= 0.3 is 0 Å². The molecule has 0 amide bonds. The minimum atomic E-state index is -0.532. The van der Waals surface area contributed by atoms with E-state index in [0.717, 1.165) is 4.57 Å². The molecule has 0 unspecified atom stereocenters. The summed E-state index contributed by atoms with van der Waals surface area (Å²) >= 11 is 0. The van der Waals surface area contributed by atoms with Crippen molar-refractivity contribution >= 4 is 11.5 Å². The van der Waals surface area contributed by atoms with Gasteiger partial charge in [-0.15, -0.1) is 10.2 Å². The van der Waals surface area contributed by atoms with Gasteiger partial charge in [0.15, 0.2) is 5.82 Å². The van der Waals surface area contributed by atoms with Crippen molar-refractivity contribution in [1.82, 2.24) is 34.3 Å². The number of rotatable bonds is 4. The number of aromatic nitrogens is 7. The molecule has 146 valence electrons. The minimum absolute atomic E-state index is 0.00710. The number of nitriles is 1. The van der Waals surface area contributed by atoms with Gasteiger partial charge in [-0.2, -0.15) is 15.0 Å². The normalized spacial score (nSPS) is 10.9. The zero-order chi connectivity index (χ0) is 21.1. The Morgan fingerprint density at radius 3 is 2.30 bits per heavy atom. The van der Waals surface area contributed by atoms with Gasteiger partial charge in [-0.05, 0) is 24.6 Å². The van der Waals surface area contributed by atoms with Gasteiger partial charge < -0.3 is 5.11 Å². The van der Waals surface area contributed by atoms with Gasteiger partial charge in [0.05, 0.1) is 6.20 Å². The van der Waals surface area contributed by atoms with Gasteiger partial charge in [-0.25, -0.2) is 24.5 Å². The van der Waals surface area contributed by atoms with E-state index in [1.807, 2.05) is 6.07 Å². The predicted molar refractivity (Wildman–Crippen MR) is 102 cm³/mol. The largest absolute Gasteiger partial charge is 0.492 e. The molecule has 4 aromatic heterocycles. The highest BCUT2D eigenvalue weighted by Crippen LogP contribution is 2.32. The van der Waals surface area contributed by atoms with Crippen LogP contribution < -0.4 is 5.56 Å². The van der Waals surface area contributed by atoms with E-state index in [2.05, 4.69) is 35.3 Å². The summed E-state index contributed by atoms with van der Waals surface area (Å²) in [4.78, 5) is 28.5. The van der Waals surface area contributed by atoms with Crippen LogP contribution in [0.5, 0.6) is 5.88 Å². The maximum atomic E-state index is 12.4.